The van der Waals surface area contributed by atoms with E-state index in [1.54, 1.807) is 6.33 Å². The van der Waals surface area contributed by atoms with Gasteiger partial charge in [-0.2, -0.15) is 0 Å². The summed E-state index contributed by atoms with van der Waals surface area (Å²) in [6.07, 6.45) is 3.83. The van der Waals surface area contributed by atoms with E-state index in [4.69, 9.17) is 0 Å². The third-order valence-electron chi connectivity index (χ3n) is 3.72. The van der Waals surface area contributed by atoms with Crippen LogP contribution in [0, 0.1) is 12.7 Å². The largest absolute Gasteiger partial charge is 0.369 e. The number of benzene rings is 1. The number of anilines is 1. The minimum atomic E-state index is -0.182. The van der Waals surface area contributed by atoms with Crippen molar-refractivity contribution in [2.24, 2.45) is 0 Å². The van der Waals surface area contributed by atoms with Crippen molar-refractivity contribution >= 4 is 5.82 Å². The van der Waals surface area contributed by atoms with Crippen LogP contribution in [0.15, 0.2) is 36.7 Å². The first-order valence-corrected chi connectivity index (χ1v) is 6.47. The predicted octanol–water partition coefficient (Wildman–Crippen LogP) is 3.07. The first kappa shape index (κ1) is 12.1. The fraction of sp³-hybridized carbons (Fsp3) is 0.333. The Morgan fingerprint density at radius 1 is 1.21 bits per heavy atom. The lowest BCUT2D eigenvalue weighted by Crippen LogP contribution is -2.20. The summed E-state index contributed by atoms with van der Waals surface area (Å²) >= 11 is 0. The highest BCUT2D eigenvalue weighted by Crippen LogP contribution is 2.48. The molecular formula is C15H16FN3. The molecule has 0 aliphatic heterocycles. The molecule has 1 aromatic heterocycles. The van der Waals surface area contributed by atoms with Gasteiger partial charge in [0.2, 0.25) is 0 Å². The third kappa shape index (κ3) is 2.57. The molecule has 0 bridgehead atoms. The summed E-state index contributed by atoms with van der Waals surface area (Å²) in [5.74, 6) is 0.667. The van der Waals surface area contributed by atoms with Gasteiger partial charge in [-0.05, 0) is 37.5 Å². The minimum Gasteiger partial charge on any atom is -0.369 e. The molecule has 0 radical (unpaired) electrons. The van der Waals surface area contributed by atoms with Gasteiger partial charge in [-0.25, -0.2) is 14.4 Å². The van der Waals surface area contributed by atoms with E-state index in [0.29, 0.717) is 0 Å². The summed E-state index contributed by atoms with van der Waals surface area (Å²) in [5, 5.41) is 3.36. The molecule has 4 heteroatoms. The van der Waals surface area contributed by atoms with Crippen molar-refractivity contribution in [3.8, 4) is 0 Å². The van der Waals surface area contributed by atoms with Gasteiger partial charge >= 0.3 is 0 Å². The maximum Gasteiger partial charge on any atom is 0.129 e. The lowest BCUT2D eigenvalue weighted by Gasteiger charge is -2.17. The molecule has 1 N–H and O–H groups in total. The van der Waals surface area contributed by atoms with Gasteiger partial charge in [0, 0.05) is 23.7 Å². The van der Waals surface area contributed by atoms with Gasteiger partial charge in [0.25, 0.3) is 0 Å². The number of nitrogens with zero attached hydrogens (tertiary/aromatic N) is 2. The van der Waals surface area contributed by atoms with Crippen LogP contribution >= 0.6 is 0 Å². The molecule has 2 aromatic rings. The Morgan fingerprint density at radius 2 is 1.95 bits per heavy atom. The highest BCUT2D eigenvalue weighted by atomic mass is 19.1. The van der Waals surface area contributed by atoms with Crippen molar-refractivity contribution in [2.45, 2.75) is 25.2 Å². The summed E-state index contributed by atoms with van der Waals surface area (Å²) < 4.78 is 13.0. The van der Waals surface area contributed by atoms with Crippen molar-refractivity contribution in [3.63, 3.8) is 0 Å². The molecule has 1 saturated carbocycles. The average molecular weight is 257 g/mol. The summed E-state index contributed by atoms with van der Waals surface area (Å²) in [4.78, 5) is 8.27. The van der Waals surface area contributed by atoms with Crippen LogP contribution in [0.5, 0.6) is 0 Å². The van der Waals surface area contributed by atoms with Gasteiger partial charge in [0.05, 0.1) is 0 Å². The Balaban J connectivity index is 1.71. The van der Waals surface area contributed by atoms with Crippen LogP contribution in [0.4, 0.5) is 10.2 Å². The Hall–Kier alpha value is -1.97. The molecule has 98 valence electrons. The molecule has 1 heterocycles. The summed E-state index contributed by atoms with van der Waals surface area (Å²) in [6, 6.07) is 8.76. The van der Waals surface area contributed by atoms with E-state index in [2.05, 4.69) is 15.3 Å². The van der Waals surface area contributed by atoms with Gasteiger partial charge < -0.3 is 5.32 Å². The monoisotopic (exact) mass is 257 g/mol. The van der Waals surface area contributed by atoms with Crippen LogP contribution < -0.4 is 5.32 Å². The predicted molar refractivity (Wildman–Crippen MR) is 72.6 cm³/mol. The number of nitrogens with one attached hydrogen (secondary N) is 1. The van der Waals surface area contributed by atoms with Crippen LogP contribution in [0.1, 0.15) is 24.1 Å². The molecule has 1 fully saturated rings. The Labute approximate surface area is 111 Å². The Bertz CT molecular complexity index is 576. The second-order valence-electron chi connectivity index (χ2n) is 5.19. The SMILES string of the molecule is Cc1cc(NCC2(c3ccc(F)cc3)CC2)ncn1. The smallest absolute Gasteiger partial charge is 0.129 e. The topological polar surface area (TPSA) is 37.8 Å². The van der Waals surface area contributed by atoms with Crippen LogP contribution in [0.3, 0.4) is 0 Å². The van der Waals surface area contributed by atoms with Gasteiger partial charge in [0.1, 0.15) is 18.0 Å². The normalized spacial score (nSPS) is 16.1. The number of rotatable bonds is 4. The van der Waals surface area contributed by atoms with E-state index in [1.165, 1.54) is 17.7 Å². The van der Waals surface area contributed by atoms with Crippen LogP contribution in [-0.2, 0) is 5.41 Å². The highest BCUT2D eigenvalue weighted by Gasteiger charge is 2.43. The second-order valence-corrected chi connectivity index (χ2v) is 5.19. The lowest BCUT2D eigenvalue weighted by atomic mass is 9.96. The van der Waals surface area contributed by atoms with Crippen molar-refractivity contribution < 1.29 is 4.39 Å². The molecule has 0 atom stereocenters. The molecule has 3 rings (SSSR count). The second kappa shape index (κ2) is 4.61. The van der Waals surface area contributed by atoms with Crippen molar-refractivity contribution in [1.29, 1.82) is 0 Å². The zero-order valence-electron chi connectivity index (χ0n) is 10.9. The van der Waals surface area contributed by atoms with Gasteiger partial charge in [-0.3, -0.25) is 0 Å². The zero-order valence-corrected chi connectivity index (χ0v) is 10.9. The maximum absolute atomic E-state index is 13.0. The third-order valence-corrected chi connectivity index (χ3v) is 3.72. The first-order chi connectivity index (χ1) is 9.18. The van der Waals surface area contributed by atoms with E-state index >= 15 is 0 Å². The quantitative estimate of drug-likeness (QED) is 0.914. The maximum atomic E-state index is 13.0. The Morgan fingerprint density at radius 3 is 2.58 bits per heavy atom. The molecule has 0 spiro atoms. The number of aryl methyl sites for hydroxylation is 1. The first-order valence-electron chi connectivity index (χ1n) is 6.47. The number of halogens is 1. The molecule has 1 aromatic carbocycles. The van der Waals surface area contributed by atoms with Crippen LogP contribution in [0.2, 0.25) is 0 Å². The average Bonchev–Trinajstić information content (AvgIpc) is 3.19. The molecule has 0 saturated heterocycles. The summed E-state index contributed by atoms with van der Waals surface area (Å²) in [6.45, 7) is 2.77. The Kier molecular flexibility index (Phi) is 2.93. The molecule has 3 nitrogen and oxygen atoms in total. The molecule has 19 heavy (non-hydrogen) atoms. The van der Waals surface area contributed by atoms with E-state index in [0.717, 1.165) is 30.9 Å². The van der Waals surface area contributed by atoms with E-state index in [-0.39, 0.29) is 11.2 Å². The fourth-order valence-corrected chi connectivity index (χ4v) is 2.33. The van der Waals surface area contributed by atoms with E-state index < -0.39 is 0 Å². The van der Waals surface area contributed by atoms with Crippen LogP contribution in [0.25, 0.3) is 0 Å². The zero-order chi connectivity index (χ0) is 13.3. The summed E-state index contributed by atoms with van der Waals surface area (Å²) in [5.41, 5.74) is 2.29. The molecule has 0 amide bonds. The highest BCUT2D eigenvalue weighted by molar-refractivity contribution is 5.39. The van der Waals surface area contributed by atoms with Crippen molar-refractivity contribution in [3.05, 3.63) is 53.7 Å². The van der Waals surface area contributed by atoms with Crippen molar-refractivity contribution in [2.75, 3.05) is 11.9 Å². The van der Waals surface area contributed by atoms with Gasteiger partial charge in [-0.15, -0.1) is 0 Å². The molecule has 1 aliphatic rings. The van der Waals surface area contributed by atoms with E-state index in [1.807, 2.05) is 25.1 Å². The minimum absolute atomic E-state index is 0.145. The van der Waals surface area contributed by atoms with Crippen LogP contribution in [-0.4, -0.2) is 16.5 Å². The number of aromatic nitrogens is 2. The summed E-state index contributed by atoms with van der Waals surface area (Å²) in [7, 11) is 0. The van der Waals surface area contributed by atoms with Crippen molar-refractivity contribution in [1.82, 2.24) is 9.97 Å². The number of hydrogen-bond donors (Lipinski definition) is 1. The van der Waals surface area contributed by atoms with E-state index in [9.17, 15) is 4.39 Å². The number of hydrogen-bond acceptors (Lipinski definition) is 3. The fourth-order valence-electron chi connectivity index (χ4n) is 2.33. The molecule has 0 unspecified atom stereocenters. The lowest BCUT2D eigenvalue weighted by molar-refractivity contribution is 0.624. The molecule has 1 aliphatic carbocycles. The van der Waals surface area contributed by atoms with Gasteiger partial charge in [-0.1, -0.05) is 12.1 Å². The van der Waals surface area contributed by atoms with Gasteiger partial charge in [0.15, 0.2) is 0 Å². The standard InChI is InChI=1S/C15H16FN3/c1-11-8-14(19-10-18-11)17-9-15(6-7-15)12-2-4-13(16)5-3-12/h2-5,8,10H,6-7,9H2,1H3,(H,17,18,19). The molecular weight excluding hydrogens is 241 g/mol.